The topological polar surface area (TPSA) is 91.0 Å². The number of piperidine rings is 1. The largest absolute Gasteiger partial charge is 0.409 e. The molecule has 1 unspecified atom stereocenters. The van der Waals surface area contributed by atoms with Crippen LogP contribution in [0.1, 0.15) is 31.4 Å². The first kappa shape index (κ1) is 15.2. The van der Waals surface area contributed by atoms with Gasteiger partial charge in [0.25, 0.3) is 0 Å². The van der Waals surface area contributed by atoms with Crippen LogP contribution >= 0.6 is 0 Å². The van der Waals surface area contributed by atoms with E-state index < -0.39 is 6.04 Å². The highest BCUT2D eigenvalue weighted by Crippen LogP contribution is 2.18. The zero-order valence-electron chi connectivity index (χ0n) is 12.2. The Labute approximate surface area is 124 Å². The Morgan fingerprint density at radius 3 is 2.57 bits per heavy atom. The molecule has 0 radical (unpaired) electrons. The maximum Gasteiger partial charge on any atom is 0.318 e. The van der Waals surface area contributed by atoms with Gasteiger partial charge >= 0.3 is 6.03 Å². The molecule has 4 N–H and O–H groups in total. The first-order valence-corrected chi connectivity index (χ1v) is 7.19. The van der Waals surface area contributed by atoms with E-state index in [2.05, 4.69) is 17.4 Å². The molecule has 6 nitrogen and oxygen atoms in total. The zero-order chi connectivity index (χ0) is 15.2. The van der Waals surface area contributed by atoms with Gasteiger partial charge in [0.2, 0.25) is 0 Å². The highest BCUT2D eigenvalue weighted by molar-refractivity contribution is 5.90. The third-order valence-electron chi connectivity index (χ3n) is 3.88. The minimum Gasteiger partial charge on any atom is -0.409 e. The van der Waals surface area contributed by atoms with Crippen molar-refractivity contribution in [3.63, 3.8) is 0 Å². The summed E-state index contributed by atoms with van der Waals surface area (Å²) >= 11 is 0. The van der Waals surface area contributed by atoms with E-state index in [1.165, 1.54) is 0 Å². The number of amides is 2. The minimum absolute atomic E-state index is 0.0278. The lowest BCUT2D eigenvalue weighted by Crippen LogP contribution is -2.47. The van der Waals surface area contributed by atoms with Gasteiger partial charge in [-0.2, -0.15) is 0 Å². The van der Waals surface area contributed by atoms with Crippen molar-refractivity contribution < 1.29 is 10.0 Å². The molecule has 1 aliphatic heterocycles. The number of amidine groups is 1. The summed E-state index contributed by atoms with van der Waals surface area (Å²) in [5, 5.41) is 14.8. The van der Waals surface area contributed by atoms with E-state index in [0.717, 1.165) is 31.5 Å². The molecule has 2 rings (SSSR count). The van der Waals surface area contributed by atoms with Crippen molar-refractivity contribution in [2.45, 2.75) is 25.8 Å². The predicted molar refractivity (Wildman–Crippen MR) is 81.1 cm³/mol. The summed E-state index contributed by atoms with van der Waals surface area (Å²) in [6.07, 6.45) is 2.01. The van der Waals surface area contributed by atoms with Gasteiger partial charge in [-0.05, 0) is 24.3 Å². The lowest BCUT2D eigenvalue weighted by molar-refractivity contribution is 0.172. The van der Waals surface area contributed by atoms with Crippen molar-refractivity contribution in [2.75, 3.05) is 13.1 Å². The van der Waals surface area contributed by atoms with Crippen LogP contribution in [0.15, 0.2) is 35.5 Å². The summed E-state index contributed by atoms with van der Waals surface area (Å²) in [6.45, 7) is 3.67. The van der Waals surface area contributed by atoms with Gasteiger partial charge in [0.05, 0.1) is 0 Å². The third-order valence-corrected chi connectivity index (χ3v) is 3.88. The maximum atomic E-state index is 12.3. The Morgan fingerprint density at radius 2 is 2.00 bits per heavy atom. The number of benzene rings is 1. The quantitative estimate of drug-likeness (QED) is 0.344. The molecular formula is C15H22N4O2. The molecule has 0 aromatic heterocycles. The van der Waals surface area contributed by atoms with Gasteiger partial charge in [-0.3, -0.25) is 0 Å². The first-order valence-electron chi connectivity index (χ1n) is 7.19. The van der Waals surface area contributed by atoms with E-state index in [1.807, 2.05) is 30.3 Å². The van der Waals surface area contributed by atoms with Gasteiger partial charge < -0.3 is 21.2 Å². The summed E-state index contributed by atoms with van der Waals surface area (Å²) in [4.78, 5) is 14.1. The second-order valence-corrected chi connectivity index (χ2v) is 5.49. The molecule has 2 amide bonds. The summed E-state index contributed by atoms with van der Waals surface area (Å²) in [5.74, 6) is 0.628. The second kappa shape index (κ2) is 6.97. The molecule has 21 heavy (non-hydrogen) atoms. The van der Waals surface area contributed by atoms with Gasteiger partial charge in [0.1, 0.15) is 6.04 Å². The highest BCUT2D eigenvalue weighted by atomic mass is 16.4. The van der Waals surface area contributed by atoms with Gasteiger partial charge in [-0.15, -0.1) is 0 Å². The lowest BCUT2D eigenvalue weighted by Gasteiger charge is -2.31. The number of likely N-dealkylation sites (tertiary alicyclic amines) is 1. The number of nitrogens with zero attached hydrogens (tertiary/aromatic N) is 2. The van der Waals surface area contributed by atoms with Gasteiger partial charge in [0, 0.05) is 13.1 Å². The summed E-state index contributed by atoms with van der Waals surface area (Å²) in [7, 11) is 0. The number of carbonyl (C=O) groups is 1. The maximum absolute atomic E-state index is 12.3. The fourth-order valence-corrected chi connectivity index (χ4v) is 2.46. The van der Waals surface area contributed by atoms with Gasteiger partial charge in [-0.1, -0.05) is 42.4 Å². The van der Waals surface area contributed by atoms with Crippen LogP contribution in [-0.4, -0.2) is 35.1 Å². The average Bonchev–Trinajstić information content (AvgIpc) is 2.53. The highest BCUT2D eigenvalue weighted by Gasteiger charge is 2.25. The van der Waals surface area contributed by atoms with Crippen LogP contribution < -0.4 is 11.1 Å². The molecule has 1 aliphatic rings. The van der Waals surface area contributed by atoms with Crippen LogP contribution in [0.25, 0.3) is 0 Å². The third kappa shape index (κ3) is 3.87. The zero-order valence-corrected chi connectivity index (χ0v) is 12.2. The number of carbonyl (C=O) groups excluding carboxylic acids is 1. The lowest BCUT2D eigenvalue weighted by atomic mass is 9.99. The molecule has 1 atom stereocenters. The summed E-state index contributed by atoms with van der Waals surface area (Å²) in [5.41, 5.74) is 6.50. The Hall–Kier alpha value is -2.24. The molecule has 0 saturated carbocycles. The van der Waals surface area contributed by atoms with E-state index in [9.17, 15) is 4.79 Å². The number of oxime groups is 1. The predicted octanol–water partition coefficient (Wildman–Crippen LogP) is 1.92. The van der Waals surface area contributed by atoms with Crippen LogP contribution in [0.4, 0.5) is 4.79 Å². The Kier molecular flexibility index (Phi) is 5.03. The van der Waals surface area contributed by atoms with E-state index >= 15 is 0 Å². The van der Waals surface area contributed by atoms with Crippen molar-refractivity contribution in [1.29, 1.82) is 0 Å². The fraction of sp³-hybridized carbons (Fsp3) is 0.467. The monoisotopic (exact) mass is 290 g/mol. The van der Waals surface area contributed by atoms with E-state index in [1.54, 1.807) is 4.90 Å². The van der Waals surface area contributed by atoms with E-state index in [4.69, 9.17) is 10.9 Å². The number of hydrogen-bond acceptors (Lipinski definition) is 3. The number of rotatable bonds is 3. The van der Waals surface area contributed by atoms with Gasteiger partial charge in [0.15, 0.2) is 5.84 Å². The van der Waals surface area contributed by atoms with Crippen molar-refractivity contribution in [3.8, 4) is 0 Å². The molecular weight excluding hydrogens is 268 g/mol. The number of urea groups is 1. The fourth-order valence-electron chi connectivity index (χ4n) is 2.46. The molecule has 1 fully saturated rings. The number of nitrogens with one attached hydrogen (secondary N) is 1. The molecule has 0 spiro atoms. The molecule has 0 aliphatic carbocycles. The SMILES string of the molecule is CC1CCN(C(=O)NC(C(N)=NO)c2ccccc2)CC1. The minimum atomic E-state index is -0.622. The second-order valence-electron chi connectivity index (χ2n) is 5.49. The number of hydrogen-bond donors (Lipinski definition) is 3. The van der Waals surface area contributed by atoms with Crippen LogP contribution in [-0.2, 0) is 0 Å². The molecule has 6 heteroatoms. The number of nitrogens with two attached hydrogens (primary N) is 1. The normalized spacial score (nSPS) is 18.3. The van der Waals surface area contributed by atoms with Crippen molar-refractivity contribution in [1.82, 2.24) is 10.2 Å². The van der Waals surface area contributed by atoms with Gasteiger partial charge in [-0.25, -0.2) is 4.79 Å². The Morgan fingerprint density at radius 1 is 1.38 bits per heavy atom. The smallest absolute Gasteiger partial charge is 0.318 e. The van der Waals surface area contributed by atoms with E-state index in [0.29, 0.717) is 5.92 Å². The van der Waals surface area contributed by atoms with Crippen LogP contribution in [0, 0.1) is 5.92 Å². The molecule has 1 aromatic carbocycles. The molecule has 1 heterocycles. The van der Waals surface area contributed by atoms with Crippen LogP contribution in [0.3, 0.4) is 0 Å². The Bertz CT molecular complexity index is 496. The first-order chi connectivity index (χ1) is 10.1. The van der Waals surface area contributed by atoms with Crippen LogP contribution in [0.5, 0.6) is 0 Å². The van der Waals surface area contributed by atoms with Crippen molar-refractivity contribution >= 4 is 11.9 Å². The standard InChI is InChI=1S/C15H22N4O2/c1-11-7-9-19(10-8-11)15(20)17-13(14(16)18-21)12-5-3-2-4-6-12/h2-6,11,13,21H,7-10H2,1H3,(H2,16,18)(H,17,20). The molecule has 114 valence electrons. The van der Waals surface area contributed by atoms with Crippen molar-refractivity contribution in [3.05, 3.63) is 35.9 Å². The van der Waals surface area contributed by atoms with Crippen molar-refractivity contribution in [2.24, 2.45) is 16.8 Å². The van der Waals surface area contributed by atoms with Crippen LogP contribution in [0.2, 0.25) is 0 Å². The summed E-state index contributed by atoms with van der Waals surface area (Å²) < 4.78 is 0. The van der Waals surface area contributed by atoms with E-state index in [-0.39, 0.29) is 11.9 Å². The molecule has 1 aromatic rings. The molecule has 1 saturated heterocycles. The average molecular weight is 290 g/mol. The Balaban J connectivity index is 2.07. The molecule has 0 bridgehead atoms. The summed E-state index contributed by atoms with van der Waals surface area (Å²) in [6, 6.07) is 8.44.